The molecule has 1 fully saturated rings. The number of aliphatic carboxylic acids is 1. The van der Waals surface area contributed by atoms with Gasteiger partial charge in [-0.15, -0.1) is 0 Å². The second-order valence-electron chi connectivity index (χ2n) is 5.91. The van der Waals surface area contributed by atoms with E-state index in [9.17, 15) is 14.7 Å². The van der Waals surface area contributed by atoms with Crippen molar-refractivity contribution in [1.82, 2.24) is 0 Å². The highest BCUT2D eigenvalue weighted by molar-refractivity contribution is 5.94. The van der Waals surface area contributed by atoms with E-state index in [0.29, 0.717) is 17.2 Å². The van der Waals surface area contributed by atoms with Crippen LogP contribution in [0.3, 0.4) is 0 Å². The highest BCUT2D eigenvalue weighted by Gasteiger charge is 2.28. The van der Waals surface area contributed by atoms with Gasteiger partial charge < -0.3 is 29.6 Å². The van der Waals surface area contributed by atoms with Crippen LogP contribution >= 0.6 is 0 Å². The van der Waals surface area contributed by atoms with Gasteiger partial charge in [0.1, 0.15) is 17.5 Å². The first-order chi connectivity index (χ1) is 11.5. The van der Waals surface area contributed by atoms with E-state index in [1.165, 1.54) is 7.11 Å². The molecule has 0 aromatic heterocycles. The van der Waals surface area contributed by atoms with Gasteiger partial charge in [-0.2, -0.15) is 0 Å². The standard InChI is InChI=1S/C17H24N2O5/c1-23-12-6-7-13(15(10-12)24-2)18-16(20)11-14(17(21)22)19-8-4-3-5-9-19/h6-7,10,14H,3-5,8-9,11H2,1-2H3,(H,18,20)(H,21,22)/t14-/m0/s1. The molecule has 1 saturated heterocycles. The number of carbonyl (C=O) groups excluding carboxylic acids is 2. The highest BCUT2D eigenvalue weighted by Crippen LogP contribution is 2.29. The van der Waals surface area contributed by atoms with Crippen molar-refractivity contribution in [3.8, 4) is 11.5 Å². The predicted octanol–water partition coefficient (Wildman–Crippen LogP) is -0.780. The van der Waals surface area contributed by atoms with Gasteiger partial charge in [-0.25, -0.2) is 0 Å². The van der Waals surface area contributed by atoms with E-state index in [2.05, 4.69) is 5.32 Å². The summed E-state index contributed by atoms with van der Waals surface area (Å²) >= 11 is 0. The fourth-order valence-corrected chi connectivity index (χ4v) is 3.04. The molecule has 1 aliphatic rings. The van der Waals surface area contributed by atoms with Crippen molar-refractivity contribution in [3.63, 3.8) is 0 Å². The van der Waals surface area contributed by atoms with Gasteiger partial charge in [-0.05, 0) is 31.4 Å². The molecule has 0 aliphatic carbocycles. The van der Waals surface area contributed by atoms with Crippen LogP contribution in [0.2, 0.25) is 0 Å². The van der Waals surface area contributed by atoms with Crippen molar-refractivity contribution in [2.45, 2.75) is 31.7 Å². The molecule has 0 radical (unpaired) electrons. The Bertz CT molecular complexity index is 584. The number of ether oxygens (including phenoxy) is 2. The van der Waals surface area contributed by atoms with Gasteiger partial charge in [0, 0.05) is 6.07 Å². The molecule has 0 spiro atoms. The van der Waals surface area contributed by atoms with Gasteiger partial charge in [-0.3, -0.25) is 4.79 Å². The average molecular weight is 336 g/mol. The molecule has 1 atom stereocenters. The van der Waals surface area contributed by atoms with Crippen molar-refractivity contribution in [1.29, 1.82) is 0 Å². The lowest BCUT2D eigenvalue weighted by Crippen LogP contribution is -3.18. The van der Waals surface area contributed by atoms with E-state index in [1.807, 2.05) is 0 Å². The van der Waals surface area contributed by atoms with Gasteiger partial charge in [-0.1, -0.05) is 0 Å². The van der Waals surface area contributed by atoms with E-state index in [1.54, 1.807) is 25.3 Å². The van der Waals surface area contributed by atoms with Gasteiger partial charge in [0.2, 0.25) is 5.91 Å². The normalized spacial score (nSPS) is 16.2. The maximum absolute atomic E-state index is 12.3. The van der Waals surface area contributed by atoms with Gasteiger partial charge >= 0.3 is 0 Å². The topological polar surface area (TPSA) is 92.1 Å². The number of carbonyl (C=O) groups is 2. The molecule has 1 aliphatic heterocycles. The highest BCUT2D eigenvalue weighted by atomic mass is 16.5. The van der Waals surface area contributed by atoms with E-state index in [0.717, 1.165) is 37.3 Å². The van der Waals surface area contributed by atoms with E-state index in [4.69, 9.17) is 9.47 Å². The molecule has 2 rings (SSSR count). The maximum Gasteiger partial charge on any atom is 0.230 e. The Morgan fingerprint density at radius 2 is 1.92 bits per heavy atom. The van der Waals surface area contributed by atoms with Crippen LogP contribution in [0.25, 0.3) is 0 Å². The molecular formula is C17H24N2O5. The van der Waals surface area contributed by atoms with Crippen LogP contribution < -0.4 is 24.8 Å². The summed E-state index contributed by atoms with van der Waals surface area (Å²) in [4.78, 5) is 24.6. The Balaban J connectivity index is 2.04. The number of hydrogen-bond acceptors (Lipinski definition) is 5. The van der Waals surface area contributed by atoms with Crippen molar-refractivity contribution in [3.05, 3.63) is 18.2 Å². The van der Waals surface area contributed by atoms with Crippen LogP contribution in [0.4, 0.5) is 5.69 Å². The lowest BCUT2D eigenvalue weighted by molar-refractivity contribution is -0.922. The minimum atomic E-state index is -1.18. The first-order valence-corrected chi connectivity index (χ1v) is 8.12. The summed E-state index contributed by atoms with van der Waals surface area (Å²) in [5.41, 5.74) is 0.481. The largest absolute Gasteiger partial charge is 0.544 e. The molecule has 132 valence electrons. The summed E-state index contributed by atoms with van der Waals surface area (Å²) in [6, 6.07) is 4.19. The number of quaternary nitrogens is 1. The van der Waals surface area contributed by atoms with Crippen LogP contribution in [-0.4, -0.2) is 45.2 Å². The van der Waals surface area contributed by atoms with Crippen LogP contribution in [0, 0.1) is 0 Å². The maximum atomic E-state index is 12.3. The zero-order valence-corrected chi connectivity index (χ0v) is 14.1. The molecule has 1 aromatic rings. The van der Waals surface area contributed by atoms with Crippen LogP contribution in [0.15, 0.2) is 18.2 Å². The number of methoxy groups -OCH3 is 2. The van der Waals surface area contributed by atoms with Crippen molar-refractivity contribution in [2.75, 3.05) is 32.6 Å². The third-order valence-electron chi connectivity index (χ3n) is 4.35. The number of piperidine rings is 1. The quantitative estimate of drug-likeness (QED) is 0.681. The summed E-state index contributed by atoms with van der Waals surface area (Å²) in [5, 5.41) is 14.2. The van der Waals surface area contributed by atoms with Crippen molar-refractivity contribution < 1.29 is 29.1 Å². The first kappa shape index (κ1) is 18.1. The SMILES string of the molecule is COc1ccc(NC(=O)C[C@@H](C(=O)[O-])[NH+]2CCCCC2)c(OC)c1. The predicted molar refractivity (Wildman–Crippen MR) is 86.1 cm³/mol. The molecule has 1 heterocycles. The fraction of sp³-hybridized carbons (Fsp3) is 0.529. The lowest BCUT2D eigenvalue weighted by atomic mass is 10.1. The Morgan fingerprint density at radius 3 is 2.50 bits per heavy atom. The van der Waals surface area contributed by atoms with Crippen LogP contribution in [-0.2, 0) is 9.59 Å². The Morgan fingerprint density at radius 1 is 1.21 bits per heavy atom. The minimum absolute atomic E-state index is 0.118. The number of amides is 1. The average Bonchev–Trinajstić information content (AvgIpc) is 2.60. The van der Waals surface area contributed by atoms with E-state index >= 15 is 0 Å². The molecule has 24 heavy (non-hydrogen) atoms. The van der Waals surface area contributed by atoms with Gasteiger partial charge in [0.05, 0.1) is 45.4 Å². The molecule has 7 heteroatoms. The molecule has 7 nitrogen and oxygen atoms in total. The van der Waals surface area contributed by atoms with E-state index in [-0.39, 0.29) is 12.3 Å². The number of carboxylic acid groups (broad SMARTS) is 1. The number of anilines is 1. The molecule has 0 bridgehead atoms. The summed E-state index contributed by atoms with van der Waals surface area (Å²) in [7, 11) is 3.03. The second kappa shape index (κ2) is 8.54. The van der Waals surface area contributed by atoms with Crippen LogP contribution in [0.1, 0.15) is 25.7 Å². The first-order valence-electron chi connectivity index (χ1n) is 8.12. The summed E-state index contributed by atoms with van der Waals surface area (Å²) < 4.78 is 10.3. The zero-order chi connectivity index (χ0) is 17.5. The number of benzene rings is 1. The number of carboxylic acids is 1. The Kier molecular flexibility index (Phi) is 6.43. The minimum Gasteiger partial charge on any atom is -0.544 e. The van der Waals surface area contributed by atoms with Gasteiger partial charge in [0.15, 0.2) is 0 Å². The van der Waals surface area contributed by atoms with Gasteiger partial charge in [0.25, 0.3) is 0 Å². The molecule has 0 saturated carbocycles. The smallest absolute Gasteiger partial charge is 0.230 e. The van der Waals surface area contributed by atoms with Crippen LogP contribution in [0.5, 0.6) is 11.5 Å². The summed E-state index contributed by atoms with van der Waals surface area (Å²) in [6.07, 6.45) is 2.95. The second-order valence-corrected chi connectivity index (χ2v) is 5.91. The molecule has 1 aromatic carbocycles. The molecular weight excluding hydrogens is 312 g/mol. The number of rotatable bonds is 7. The van der Waals surface area contributed by atoms with Crippen molar-refractivity contribution >= 4 is 17.6 Å². The molecule has 0 unspecified atom stereocenters. The summed E-state index contributed by atoms with van der Waals surface area (Å²) in [5.74, 6) is -0.484. The third-order valence-corrected chi connectivity index (χ3v) is 4.35. The fourth-order valence-electron chi connectivity index (χ4n) is 3.04. The Labute approximate surface area is 141 Å². The van der Waals surface area contributed by atoms with Crippen molar-refractivity contribution in [2.24, 2.45) is 0 Å². The number of hydrogen-bond donors (Lipinski definition) is 2. The molecule has 2 N–H and O–H groups in total. The molecule has 1 amide bonds. The lowest BCUT2D eigenvalue weighted by Gasteiger charge is -2.31. The summed E-state index contributed by atoms with van der Waals surface area (Å²) in [6.45, 7) is 1.52. The number of likely N-dealkylation sites (tertiary alicyclic amines) is 1. The monoisotopic (exact) mass is 336 g/mol. The Hall–Kier alpha value is -2.28. The number of nitrogens with one attached hydrogen (secondary N) is 2. The third kappa shape index (κ3) is 4.61. The van der Waals surface area contributed by atoms with E-state index < -0.39 is 12.0 Å². The zero-order valence-electron chi connectivity index (χ0n) is 14.1.